The fourth-order valence-electron chi connectivity index (χ4n) is 2.85. The van der Waals surface area contributed by atoms with Crippen LogP contribution in [0.2, 0.25) is 0 Å². The smallest absolute Gasteiger partial charge is 0.237 e. The number of likely N-dealkylation sites (tertiary alicyclic amines) is 1. The van der Waals surface area contributed by atoms with Crippen LogP contribution in [0.1, 0.15) is 25.3 Å². The average Bonchev–Trinajstić information content (AvgIpc) is 3.00. The van der Waals surface area contributed by atoms with E-state index in [1.165, 1.54) is 6.20 Å². The number of nitriles is 2. The Morgan fingerprint density at radius 1 is 1.59 bits per heavy atom. The van der Waals surface area contributed by atoms with Crippen molar-refractivity contribution >= 4 is 11.7 Å². The third kappa shape index (κ3) is 2.72. The zero-order valence-electron chi connectivity index (χ0n) is 12.4. The largest absolute Gasteiger partial charge is 0.364 e. The van der Waals surface area contributed by atoms with Gasteiger partial charge in [-0.15, -0.1) is 0 Å². The van der Waals surface area contributed by atoms with Crippen LogP contribution < -0.4 is 11.1 Å². The van der Waals surface area contributed by atoms with E-state index in [-0.39, 0.29) is 18.5 Å². The van der Waals surface area contributed by atoms with Crippen molar-refractivity contribution in [2.24, 2.45) is 5.73 Å². The van der Waals surface area contributed by atoms with Gasteiger partial charge < -0.3 is 16.0 Å². The highest BCUT2D eigenvalue weighted by atomic mass is 16.2. The van der Waals surface area contributed by atoms with E-state index in [1.807, 2.05) is 13.0 Å². The van der Waals surface area contributed by atoms with Gasteiger partial charge in [0.25, 0.3) is 0 Å². The fourth-order valence-corrected chi connectivity index (χ4v) is 2.85. The van der Waals surface area contributed by atoms with Gasteiger partial charge in [0.15, 0.2) is 0 Å². The Morgan fingerprint density at radius 3 is 2.91 bits per heavy atom. The molecule has 1 aromatic heterocycles. The van der Waals surface area contributed by atoms with E-state index < -0.39 is 5.54 Å². The average molecular weight is 298 g/mol. The number of nitrogens with one attached hydrogen (secondary N) is 1. The standard InChI is InChI=1S/C15H18N6O/c1-11(20-13-4-3-12(7-16)9-19-13)15(10-18)5-2-6-21(15)14(22)8-17/h3-4,9,11H,2,5-6,8,17H2,1H3,(H,19,20)/t11-,15+/m0/s1. The van der Waals surface area contributed by atoms with E-state index in [1.54, 1.807) is 17.0 Å². The van der Waals surface area contributed by atoms with Crippen LogP contribution in [-0.2, 0) is 4.79 Å². The van der Waals surface area contributed by atoms with Crippen molar-refractivity contribution in [2.75, 3.05) is 18.4 Å². The van der Waals surface area contributed by atoms with Crippen molar-refractivity contribution in [3.8, 4) is 12.1 Å². The molecule has 0 bridgehead atoms. The number of aromatic nitrogens is 1. The van der Waals surface area contributed by atoms with Crippen molar-refractivity contribution < 1.29 is 4.79 Å². The summed E-state index contributed by atoms with van der Waals surface area (Å²) in [7, 11) is 0. The second-order valence-corrected chi connectivity index (χ2v) is 5.30. The summed E-state index contributed by atoms with van der Waals surface area (Å²) in [4.78, 5) is 17.7. The molecule has 1 aliphatic heterocycles. The molecule has 3 N–H and O–H groups in total. The summed E-state index contributed by atoms with van der Waals surface area (Å²) in [5, 5.41) is 21.6. The van der Waals surface area contributed by atoms with Gasteiger partial charge in [0.1, 0.15) is 17.4 Å². The first-order valence-corrected chi connectivity index (χ1v) is 7.12. The molecule has 1 aromatic rings. The molecule has 1 fully saturated rings. The Hall–Kier alpha value is -2.64. The van der Waals surface area contributed by atoms with Gasteiger partial charge in [0.2, 0.25) is 5.91 Å². The SMILES string of the molecule is C[C@H](Nc1ccc(C#N)cn1)[C@]1(C#N)CCCN1C(=O)CN. The van der Waals surface area contributed by atoms with Gasteiger partial charge in [-0.3, -0.25) is 4.79 Å². The second-order valence-electron chi connectivity index (χ2n) is 5.30. The van der Waals surface area contributed by atoms with E-state index in [0.717, 1.165) is 6.42 Å². The molecule has 2 heterocycles. The van der Waals surface area contributed by atoms with E-state index in [9.17, 15) is 10.1 Å². The van der Waals surface area contributed by atoms with Crippen molar-refractivity contribution in [3.63, 3.8) is 0 Å². The number of carbonyl (C=O) groups is 1. The molecule has 0 aliphatic carbocycles. The highest BCUT2D eigenvalue weighted by molar-refractivity contribution is 5.80. The first-order chi connectivity index (χ1) is 10.6. The van der Waals surface area contributed by atoms with E-state index >= 15 is 0 Å². The number of carbonyl (C=O) groups excluding carboxylic acids is 1. The maximum Gasteiger partial charge on any atom is 0.237 e. The number of rotatable bonds is 4. The Labute approximate surface area is 129 Å². The third-order valence-electron chi connectivity index (χ3n) is 4.06. The number of amides is 1. The molecule has 0 aromatic carbocycles. The first-order valence-electron chi connectivity index (χ1n) is 7.12. The molecule has 0 unspecified atom stereocenters. The first kappa shape index (κ1) is 15.7. The molecule has 7 heteroatoms. The van der Waals surface area contributed by atoms with Crippen molar-refractivity contribution in [1.29, 1.82) is 10.5 Å². The zero-order chi connectivity index (χ0) is 16.2. The van der Waals surface area contributed by atoms with Gasteiger partial charge in [-0.25, -0.2) is 4.98 Å². The quantitative estimate of drug-likeness (QED) is 0.840. The Balaban J connectivity index is 2.21. The monoisotopic (exact) mass is 298 g/mol. The number of pyridine rings is 1. The topological polar surface area (TPSA) is 119 Å². The van der Waals surface area contributed by atoms with Gasteiger partial charge in [-0.1, -0.05) is 0 Å². The molecule has 22 heavy (non-hydrogen) atoms. The molecule has 2 rings (SSSR count). The number of nitrogens with two attached hydrogens (primary N) is 1. The summed E-state index contributed by atoms with van der Waals surface area (Å²) in [6, 6.07) is 7.32. The van der Waals surface area contributed by atoms with E-state index in [2.05, 4.69) is 16.4 Å². The Morgan fingerprint density at radius 2 is 2.36 bits per heavy atom. The maximum absolute atomic E-state index is 12.0. The minimum Gasteiger partial charge on any atom is -0.364 e. The van der Waals surface area contributed by atoms with Crippen molar-refractivity contribution in [2.45, 2.75) is 31.3 Å². The summed E-state index contributed by atoms with van der Waals surface area (Å²) >= 11 is 0. The minimum atomic E-state index is -0.925. The van der Waals surface area contributed by atoms with Crippen LogP contribution in [0.3, 0.4) is 0 Å². The lowest BCUT2D eigenvalue weighted by Gasteiger charge is -2.37. The predicted molar refractivity (Wildman–Crippen MR) is 80.4 cm³/mol. The fraction of sp³-hybridized carbons (Fsp3) is 0.467. The molecule has 2 atom stereocenters. The molecular formula is C15H18N6O. The van der Waals surface area contributed by atoms with E-state index in [4.69, 9.17) is 11.0 Å². The van der Waals surface area contributed by atoms with Gasteiger partial charge in [-0.05, 0) is 31.9 Å². The molecule has 114 valence electrons. The number of hydrogen-bond acceptors (Lipinski definition) is 6. The molecule has 7 nitrogen and oxygen atoms in total. The van der Waals surface area contributed by atoms with E-state index in [0.29, 0.717) is 24.3 Å². The van der Waals surface area contributed by atoms with Crippen LogP contribution in [-0.4, -0.2) is 40.5 Å². The van der Waals surface area contributed by atoms with Crippen LogP contribution in [0.25, 0.3) is 0 Å². The number of anilines is 1. The van der Waals surface area contributed by atoms with Crippen molar-refractivity contribution in [1.82, 2.24) is 9.88 Å². The molecule has 0 radical (unpaired) electrons. The lowest BCUT2D eigenvalue weighted by atomic mass is 9.89. The van der Waals surface area contributed by atoms with Crippen molar-refractivity contribution in [3.05, 3.63) is 23.9 Å². The summed E-state index contributed by atoms with van der Waals surface area (Å²) in [6.45, 7) is 2.28. The minimum absolute atomic E-state index is 0.106. The predicted octanol–water partition coefficient (Wildman–Crippen LogP) is 0.597. The number of hydrogen-bond donors (Lipinski definition) is 2. The van der Waals surface area contributed by atoms with Crippen LogP contribution in [0.5, 0.6) is 0 Å². The maximum atomic E-state index is 12.0. The summed E-state index contributed by atoms with van der Waals surface area (Å²) < 4.78 is 0. The van der Waals surface area contributed by atoms with Gasteiger partial charge >= 0.3 is 0 Å². The summed E-state index contributed by atoms with van der Waals surface area (Å²) in [6.07, 6.45) is 2.83. The van der Waals surface area contributed by atoms with Crippen LogP contribution >= 0.6 is 0 Å². The molecule has 1 saturated heterocycles. The highest BCUT2D eigenvalue weighted by Crippen LogP contribution is 2.33. The summed E-state index contributed by atoms with van der Waals surface area (Å²) in [5.41, 5.74) is 4.99. The van der Waals surface area contributed by atoms with Gasteiger partial charge in [0.05, 0.1) is 24.2 Å². The number of nitrogens with zero attached hydrogens (tertiary/aromatic N) is 4. The normalized spacial score (nSPS) is 21.7. The van der Waals surface area contributed by atoms with Crippen LogP contribution in [0, 0.1) is 22.7 Å². The molecule has 1 aliphatic rings. The zero-order valence-corrected chi connectivity index (χ0v) is 12.4. The summed E-state index contributed by atoms with van der Waals surface area (Å²) in [5.74, 6) is 0.341. The Kier molecular flexibility index (Phi) is 4.59. The van der Waals surface area contributed by atoms with Crippen LogP contribution in [0.4, 0.5) is 5.82 Å². The lowest BCUT2D eigenvalue weighted by molar-refractivity contribution is -0.132. The van der Waals surface area contributed by atoms with Gasteiger partial charge in [-0.2, -0.15) is 10.5 Å². The molecule has 0 spiro atoms. The second kappa shape index (κ2) is 6.42. The highest BCUT2D eigenvalue weighted by Gasteiger charge is 2.48. The third-order valence-corrected chi connectivity index (χ3v) is 4.06. The molecule has 1 amide bonds. The molecule has 0 saturated carbocycles. The Bertz CT molecular complexity index is 629. The molecular weight excluding hydrogens is 280 g/mol. The van der Waals surface area contributed by atoms with Crippen LogP contribution in [0.15, 0.2) is 18.3 Å². The lowest BCUT2D eigenvalue weighted by Crippen LogP contribution is -2.57. The van der Waals surface area contributed by atoms with Gasteiger partial charge in [0, 0.05) is 12.7 Å².